The summed E-state index contributed by atoms with van der Waals surface area (Å²) < 4.78 is 11.3. The Kier molecular flexibility index (Phi) is 5.92. The third kappa shape index (κ3) is 4.27. The van der Waals surface area contributed by atoms with Crippen molar-refractivity contribution in [3.63, 3.8) is 0 Å². The van der Waals surface area contributed by atoms with Crippen LogP contribution in [-0.2, 0) is 9.53 Å². The lowest BCUT2D eigenvalue weighted by Gasteiger charge is -2.25. The molecule has 1 aliphatic rings. The fourth-order valence-electron chi connectivity index (χ4n) is 3.79. The molecule has 1 aliphatic carbocycles. The zero-order chi connectivity index (χ0) is 21.3. The maximum atomic E-state index is 11.1. The number of methoxy groups -OCH3 is 1. The van der Waals surface area contributed by atoms with Gasteiger partial charge in [-0.05, 0) is 44.2 Å². The summed E-state index contributed by atoms with van der Waals surface area (Å²) in [6.45, 7) is 1.99. The summed E-state index contributed by atoms with van der Waals surface area (Å²) in [4.78, 5) is 23.3. The molecule has 0 saturated heterocycles. The number of carbonyl (C=O) groups is 1. The van der Waals surface area contributed by atoms with Crippen molar-refractivity contribution in [3.05, 3.63) is 40.9 Å². The van der Waals surface area contributed by atoms with E-state index in [1.165, 1.54) is 0 Å². The van der Waals surface area contributed by atoms with Crippen LogP contribution in [0.5, 0.6) is 6.01 Å². The van der Waals surface area contributed by atoms with Gasteiger partial charge in [-0.3, -0.25) is 9.78 Å². The van der Waals surface area contributed by atoms with Gasteiger partial charge in [-0.2, -0.15) is 4.98 Å². The Hall–Kier alpha value is -2.64. The third-order valence-corrected chi connectivity index (χ3v) is 6.00. The van der Waals surface area contributed by atoms with Gasteiger partial charge in [0, 0.05) is 12.7 Å². The summed E-state index contributed by atoms with van der Waals surface area (Å²) in [6.07, 6.45) is 2.59. The molecule has 1 aromatic carbocycles. The Labute approximate surface area is 179 Å². The number of carboxylic acids is 1. The monoisotopic (exact) mass is 429 g/mol. The van der Waals surface area contributed by atoms with Crippen LogP contribution >= 0.6 is 11.6 Å². The number of aromatic nitrogens is 3. The molecule has 1 unspecified atom stereocenters. The first-order valence-electron chi connectivity index (χ1n) is 10.0. The number of imidazole rings is 1. The number of carboxylic acid groups (broad SMARTS) is 1. The van der Waals surface area contributed by atoms with Crippen molar-refractivity contribution >= 4 is 28.7 Å². The summed E-state index contributed by atoms with van der Waals surface area (Å²) in [7, 11) is 1.68. The molecule has 2 N–H and O–H groups in total. The Morgan fingerprint density at radius 3 is 2.53 bits per heavy atom. The van der Waals surface area contributed by atoms with Gasteiger partial charge in [-0.1, -0.05) is 35.9 Å². The number of nitrogens with one attached hydrogen (secondary N) is 1. The highest BCUT2D eigenvalue weighted by atomic mass is 35.5. The Bertz CT molecular complexity index is 1040. The molecule has 30 heavy (non-hydrogen) atoms. The molecule has 7 nitrogen and oxygen atoms in total. The third-order valence-electron chi connectivity index (χ3n) is 5.71. The van der Waals surface area contributed by atoms with E-state index in [4.69, 9.17) is 26.2 Å². The van der Waals surface area contributed by atoms with Gasteiger partial charge in [0.15, 0.2) is 5.65 Å². The summed E-state index contributed by atoms with van der Waals surface area (Å²) in [5.74, 6) is -1.00. The second-order valence-corrected chi connectivity index (χ2v) is 8.07. The van der Waals surface area contributed by atoms with Crippen molar-refractivity contribution in [2.75, 3.05) is 7.11 Å². The number of nitrogens with zero attached hydrogens (tertiary/aromatic N) is 2. The van der Waals surface area contributed by atoms with E-state index in [2.05, 4.69) is 15.0 Å². The average molecular weight is 430 g/mol. The predicted octanol–water partition coefficient (Wildman–Crippen LogP) is 5.01. The number of rotatable bonds is 6. The van der Waals surface area contributed by atoms with Gasteiger partial charge >= 0.3 is 5.97 Å². The first-order chi connectivity index (χ1) is 14.4. The first-order valence-corrected chi connectivity index (χ1v) is 10.4. The van der Waals surface area contributed by atoms with E-state index in [-0.39, 0.29) is 18.1 Å². The molecular formula is C22H24ClN3O4. The molecule has 1 atom stereocenters. The van der Waals surface area contributed by atoms with Crippen molar-refractivity contribution in [2.45, 2.75) is 44.8 Å². The summed E-state index contributed by atoms with van der Waals surface area (Å²) >= 11 is 6.48. The minimum absolute atomic E-state index is 0.0165. The van der Waals surface area contributed by atoms with Crippen LogP contribution in [0.25, 0.3) is 22.4 Å². The average Bonchev–Trinajstić information content (AvgIpc) is 3.14. The predicted molar refractivity (Wildman–Crippen MR) is 114 cm³/mol. The number of H-pyrrole nitrogens is 1. The highest BCUT2D eigenvalue weighted by Crippen LogP contribution is 2.32. The molecular weight excluding hydrogens is 406 g/mol. The Balaban J connectivity index is 1.52. The molecule has 0 radical (unpaired) electrons. The number of ether oxygens (including phenoxy) is 2. The summed E-state index contributed by atoms with van der Waals surface area (Å²) in [5.41, 5.74) is 3.87. The Morgan fingerprint density at radius 2 is 1.90 bits per heavy atom. The first kappa shape index (κ1) is 20.6. The fraction of sp³-hybridized carbons (Fsp3) is 0.409. The van der Waals surface area contributed by atoms with Crippen molar-refractivity contribution in [3.8, 4) is 17.3 Å². The lowest BCUT2D eigenvalue weighted by atomic mass is 9.87. The number of benzene rings is 1. The van der Waals surface area contributed by atoms with Gasteiger partial charge in [0.25, 0.3) is 6.01 Å². The van der Waals surface area contributed by atoms with Gasteiger partial charge < -0.3 is 14.6 Å². The Morgan fingerprint density at radius 1 is 1.20 bits per heavy atom. The van der Waals surface area contributed by atoms with Crippen LogP contribution < -0.4 is 4.74 Å². The molecule has 2 heterocycles. The summed E-state index contributed by atoms with van der Waals surface area (Å²) in [5, 5.41) is 9.63. The molecule has 0 aliphatic heterocycles. The smallest absolute Gasteiger partial charge is 0.306 e. The minimum Gasteiger partial charge on any atom is -0.481 e. The quantitative estimate of drug-likeness (QED) is 0.571. The summed E-state index contributed by atoms with van der Waals surface area (Å²) in [6, 6.07) is 10.1. The van der Waals surface area contributed by atoms with Gasteiger partial charge in [0.05, 0.1) is 22.7 Å². The van der Waals surface area contributed by atoms with Gasteiger partial charge in [0.2, 0.25) is 0 Å². The number of aromatic amines is 1. The van der Waals surface area contributed by atoms with Gasteiger partial charge in [-0.25, -0.2) is 4.98 Å². The number of halogens is 1. The zero-order valence-corrected chi connectivity index (χ0v) is 17.6. The number of pyridine rings is 1. The zero-order valence-electron chi connectivity index (χ0n) is 16.9. The highest BCUT2D eigenvalue weighted by molar-refractivity contribution is 6.33. The lowest BCUT2D eigenvalue weighted by Crippen LogP contribution is -2.28. The maximum absolute atomic E-state index is 11.1. The fourth-order valence-corrected chi connectivity index (χ4v) is 4.04. The van der Waals surface area contributed by atoms with E-state index in [0.29, 0.717) is 53.6 Å². The second-order valence-electron chi connectivity index (χ2n) is 7.66. The molecule has 1 saturated carbocycles. The van der Waals surface area contributed by atoms with Crippen LogP contribution in [0.1, 0.15) is 44.3 Å². The molecule has 2 aromatic heterocycles. The number of hydrogen-bond acceptors (Lipinski definition) is 5. The van der Waals surface area contributed by atoms with Crippen LogP contribution in [0.3, 0.4) is 0 Å². The van der Waals surface area contributed by atoms with E-state index in [1.54, 1.807) is 13.2 Å². The van der Waals surface area contributed by atoms with Crippen molar-refractivity contribution in [1.82, 2.24) is 15.0 Å². The van der Waals surface area contributed by atoms with Crippen molar-refractivity contribution in [1.29, 1.82) is 0 Å². The van der Waals surface area contributed by atoms with Crippen molar-refractivity contribution < 1.29 is 19.4 Å². The molecule has 0 bridgehead atoms. The normalized spacial score (nSPS) is 20.2. The van der Waals surface area contributed by atoms with Gasteiger partial charge in [0.1, 0.15) is 11.6 Å². The topological polar surface area (TPSA) is 97.3 Å². The van der Waals surface area contributed by atoms with Crippen LogP contribution in [0.4, 0.5) is 0 Å². The van der Waals surface area contributed by atoms with E-state index in [0.717, 1.165) is 11.1 Å². The highest BCUT2D eigenvalue weighted by Gasteiger charge is 2.27. The standard InChI is InChI=1S/C22H24ClN3O4/c1-12(29-2)13-3-5-14(6-4-13)19-17(23)11-18-20(25-19)26-22(24-18)30-16-9-7-15(8-10-16)21(27)28/h3-6,11-12,15-16H,7-10H2,1-2H3,(H,27,28)(H,24,25,26)/t12?,15-,16-. The number of aliphatic carboxylic acids is 1. The molecule has 0 spiro atoms. The molecule has 4 rings (SSSR count). The molecule has 8 heteroatoms. The number of fused-ring (bicyclic) bond motifs is 1. The van der Waals surface area contributed by atoms with Gasteiger partial charge in [-0.15, -0.1) is 0 Å². The van der Waals surface area contributed by atoms with Crippen LogP contribution in [0, 0.1) is 5.92 Å². The van der Waals surface area contributed by atoms with Crippen LogP contribution in [0.15, 0.2) is 30.3 Å². The number of hydrogen-bond donors (Lipinski definition) is 2. The van der Waals surface area contributed by atoms with E-state index >= 15 is 0 Å². The molecule has 1 fully saturated rings. The van der Waals surface area contributed by atoms with Crippen LogP contribution in [-0.4, -0.2) is 39.2 Å². The SMILES string of the molecule is COC(C)c1ccc(-c2nc3[nH]c(O[C@H]4CC[C@H](C(=O)O)CC4)nc3cc2Cl)cc1. The molecule has 3 aromatic rings. The second kappa shape index (κ2) is 8.62. The van der Waals surface area contributed by atoms with E-state index in [9.17, 15) is 4.79 Å². The van der Waals surface area contributed by atoms with Crippen molar-refractivity contribution in [2.24, 2.45) is 5.92 Å². The molecule has 158 valence electrons. The largest absolute Gasteiger partial charge is 0.481 e. The minimum atomic E-state index is -0.728. The lowest BCUT2D eigenvalue weighted by molar-refractivity contribution is -0.143. The van der Waals surface area contributed by atoms with Crippen LogP contribution in [0.2, 0.25) is 5.02 Å². The molecule has 0 amide bonds. The maximum Gasteiger partial charge on any atom is 0.306 e. The van der Waals surface area contributed by atoms with E-state index in [1.807, 2.05) is 31.2 Å². The van der Waals surface area contributed by atoms with E-state index < -0.39 is 5.97 Å².